The summed E-state index contributed by atoms with van der Waals surface area (Å²) in [7, 11) is 0. The van der Waals surface area contributed by atoms with Crippen LogP contribution in [0.5, 0.6) is 0 Å². The van der Waals surface area contributed by atoms with E-state index in [1.54, 1.807) is 12.1 Å². The number of nitrogens with zero attached hydrogens (tertiary/aromatic N) is 1. The normalized spacial score (nSPS) is 10.6. The van der Waals surface area contributed by atoms with E-state index < -0.39 is 0 Å². The molecule has 0 aliphatic carbocycles. The highest BCUT2D eigenvalue weighted by atomic mass is 16.6. The highest BCUT2D eigenvalue weighted by Gasteiger charge is 2.13. The van der Waals surface area contributed by atoms with Gasteiger partial charge in [-0.15, -0.1) is 0 Å². The van der Waals surface area contributed by atoms with Gasteiger partial charge in [-0.3, -0.25) is 10.1 Å². The molecule has 4 rings (SSSR count). The van der Waals surface area contributed by atoms with Crippen LogP contribution >= 0.6 is 0 Å². The Hall–Kier alpha value is -3.66. The number of benzene rings is 4. The Morgan fingerprint density at radius 1 is 0.731 bits per heavy atom. The molecule has 0 aliphatic rings. The Balaban J connectivity index is 1.86. The Kier molecular flexibility index (Phi) is 4.07. The summed E-state index contributed by atoms with van der Waals surface area (Å²) in [4.78, 5) is 10.9. The van der Waals surface area contributed by atoms with E-state index in [9.17, 15) is 10.1 Å². The fraction of sp³-hybridized carbons (Fsp3) is 0. The van der Waals surface area contributed by atoms with Crippen molar-refractivity contribution in [3.63, 3.8) is 0 Å². The Morgan fingerprint density at radius 2 is 1.46 bits per heavy atom. The van der Waals surface area contributed by atoms with Crippen LogP contribution in [0.15, 0.2) is 91.0 Å². The molecule has 0 spiro atoms. The van der Waals surface area contributed by atoms with Crippen LogP contribution in [0, 0.1) is 10.1 Å². The first-order valence-corrected chi connectivity index (χ1v) is 8.31. The predicted molar refractivity (Wildman–Crippen MR) is 106 cm³/mol. The molecule has 0 saturated carbocycles. The number of nitro benzene ring substituents is 1. The Morgan fingerprint density at radius 3 is 2.27 bits per heavy atom. The molecule has 0 heterocycles. The molecule has 0 radical (unpaired) electrons. The number of anilines is 2. The Bertz CT molecular complexity index is 1090. The van der Waals surface area contributed by atoms with Crippen LogP contribution in [0.2, 0.25) is 0 Å². The van der Waals surface area contributed by atoms with E-state index in [1.807, 2.05) is 72.8 Å². The van der Waals surface area contributed by atoms with Crippen LogP contribution in [0.3, 0.4) is 0 Å². The molecule has 4 aromatic rings. The van der Waals surface area contributed by atoms with Crippen molar-refractivity contribution in [2.24, 2.45) is 0 Å². The molecule has 126 valence electrons. The maximum absolute atomic E-state index is 11.2. The second-order valence-electron chi connectivity index (χ2n) is 6.00. The van der Waals surface area contributed by atoms with Crippen LogP contribution in [0.25, 0.3) is 21.9 Å². The van der Waals surface area contributed by atoms with E-state index in [0.717, 1.165) is 27.6 Å². The van der Waals surface area contributed by atoms with Crippen LogP contribution in [-0.2, 0) is 0 Å². The molecule has 0 fully saturated rings. The number of non-ortho nitro benzene ring substituents is 1. The number of nitrogens with one attached hydrogen (secondary N) is 1. The molecule has 0 bridgehead atoms. The SMILES string of the molecule is O=[N+]([O-])c1ccc(-c2ccccc2)c(Nc2cccc3ccccc23)c1. The molecule has 4 heteroatoms. The Labute approximate surface area is 150 Å². The van der Waals surface area contributed by atoms with Gasteiger partial charge >= 0.3 is 0 Å². The number of rotatable bonds is 4. The highest BCUT2D eigenvalue weighted by molar-refractivity contribution is 5.97. The van der Waals surface area contributed by atoms with Gasteiger partial charge in [-0.1, -0.05) is 66.7 Å². The van der Waals surface area contributed by atoms with E-state index in [2.05, 4.69) is 5.32 Å². The van der Waals surface area contributed by atoms with Crippen molar-refractivity contribution in [2.45, 2.75) is 0 Å². The second-order valence-corrected chi connectivity index (χ2v) is 6.00. The molecular weight excluding hydrogens is 324 g/mol. The minimum Gasteiger partial charge on any atom is -0.354 e. The fourth-order valence-corrected chi connectivity index (χ4v) is 3.10. The maximum atomic E-state index is 11.2. The summed E-state index contributed by atoms with van der Waals surface area (Å²) in [5.74, 6) is 0. The van der Waals surface area contributed by atoms with Crippen molar-refractivity contribution in [1.29, 1.82) is 0 Å². The van der Waals surface area contributed by atoms with Crippen LogP contribution in [0.1, 0.15) is 0 Å². The summed E-state index contributed by atoms with van der Waals surface area (Å²) >= 11 is 0. The third-order valence-electron chi connectivity index (χ3n) is 4.36. The number of nitro groups is 1. The van der Waals surface area contributed by atoms with Crippen LogP contribution < -0.4 is 5.32 Å². The van der Waals surface area contributed by atoms with E-state index in [4.69, 9.17) is 0 Å². The molecule has 1 N–H and O–H groups in total. The van der Waals surface area contributed by atoms with Crippen molar-refractivity contribution < 1.29 is 4.92 Å². The first-order valence-electron chi connectivity index (χ1n) is 8.31. The summed E-state index contributed by atoms with van der Waals surface area (Å²) in [6.45, 7) is 0. The smallest absolute Gasteiger partial charge is 0.271 e. The van der Waals surface area contributed by atoms with Gasteiger partial charge in [-0.05, 0) is 23.1 Å². The molecule has 26 heavy (non-hydrogen) atoms. The van der Waals surface area contributed by atoms with Gasteiger partial charge in [0.25, 0.3) is 5.69 Å². The zero-order chi connectivity index (χ0) is 17.9. The van der Waals surface area contributed by atoms with Gasteiger partial charge in [-0.2, -0.15) is 0 Å². The first-order chi connectivity index (χ1) is 12.7. The van der Waals surface area contributed by atoms with Crippen LogP contribution in [0.4, 0.5) is 17.1 Å². The van der Waals surface area contributed by atoms with Crippen LogP contribution in [-0.4, -0.2) is 4.92 Å². The lowest BCUT2D eigenvalue weighted by atomic mass is 10.0. The monoisotopic (exact) mass is 340 g/mol. The summed E-state index contributed by atoms with van der Waals surface area (Å²) in [6, 6.07) is 28.8. The molecule has 0 saturated heterocycles. The average Bonchev–Trinajstić information content (AvgIpc) is 2.69. The molecule has 4 aromatic carbocycles. The summed E-state index contributed by atoms with van der Waals surface area (Å²) in [6.07, 6.45) is 0. The minimum absolute atomic E-state index is 0.0624. The molecule has 0 aromatic heterocycles. The largest absolute Gasteiger partial charge is 0.354 e. The lowest BCUT2D eigenvalue weighted by Gasteiger charge is -2.14. The zero-order valence-electron chi connectivity index (χ0n) is 13.9. The molecule has 0 unspecified atom stereocenters. The highest BCUT2D eigenvalue weighted by Crippen LogP contribution is 2.35. The maximum Gasteiger partial charge on any atom is 0.271 e. The molecular formula is C22H16N2O2. The average molecular weight is 340 g/mol. The second kappa shape index (κ2) is 6.69. The van der Waals surface area contributed by atoms with Gasteiger partial charge < -0.3 is 5.32 Å². The molecule has 4 nitrogen and oxygen atoms in total. The van der Waals surface area contributed by atoms with Gasteiger partial charge in [0.05, 0.1) is 10.6 Å². The summed E-state index contributed by atoms with van der Waals surface area (Å²) in [5.41, 5.74) is 3.62. The van der Waals surface area contributed by atoms with Crippen molar-refractivity contribution >= 4 is 27.8 Å². The van der Waals surface area contributed by atoms with E-state index >= 15 is 0 Å². The third kappa shape index (κ3) is 3.00. The number of hydrogen-bond acceptors (Lipinski definition) is 3. The van der Waals surface area contributed by atoms with Crippen molar-refractivity contribution in [1.82, 2.24) is 0 Å². The van der Waals surface area contributed by atoms with E-state index in [1.165, 1.54) is 6.07 Å². The van der Waals surface area contributed by atoms with Gasteiger partial charge in [0.2, 0.25) is 0 Å². The quantitative estimate of drug-likeness (QED) is 0.357. The predicted octanol–water partition coefficient (Wildman–Crippen LogP) is 6.16. The summed E-state index contributed by atoms with van der Waals surface area (Å²) in [5, 5.41) is 16.8. The van der Waals surface area contributed by atoms with Gasteiger partial charge in [0.15, 0.2) is 0 Å². The van der Waals surface area contributed by atoms with Gasteiger partial charge in [-0.25, -0.2) is 0 Å². The van der Waals surface area contributed by atoms with E-state index in [0.29, 0.717) is 5.69 Å². The van der Waals surface area contributed by atoms with Crippen molar-refractivity contribution in [3.8, 4) is 11.1 Å². The lowest BCUT2D eigenvalue weighted by Crippen LogP contribution is -1.97. The molecule has 0 amide bonds. The topological polar surface area (TPSA) is 55.2 Å². The van der Waals surface area contributed by atoms with E-state index in [-0.39, 0.29) is 10.6 Å². The summed E-state index contributed by atoms with van der Waals surface area (Å²) < 4.78 is 0. The first kappa shape index (κ1) is 15.8. The molecule has 0 atom stereocenters. The van der Waals surface area contributed by atoms with Crippen molar-refractivity contribution in [2.75, 3.05) is 5.32 Å². The van der Waals surface area contributed by atoms with Gasteiger partial charge in [0, 0.05) is 28.8 Å². The lowest BCUT2D eigenvalue weighted by molar-refractivity contribution is -0.384. The molecule has 0 aliphatic heterocycles. The minimum atomic E-state index is -0.372. The number of hydrogen-bond donors (Lipinski definition) is 1. The standard InChI is InChI=1S/C22H16N2O2/c25-24(26)18-13-14-20(16-7-2-1-3-8-16)22(15-18)23-21-12-6-10-17-9-4-5-11-19(17)21/h1-15,23H. The van der Waals surface area contributed by atoms with Gasteiger partial charge in [0.1, 0.15) is 0 Å². The zero-order valence-corrected chi connectivity index (χ0v) is 13.9. The third-order valence-corrected chi connectivity index (χ3v) is 4.36. The van der Waals surface area contributed by atoms with Crippen molar-refractivity contribution in [3.05, 3.63) is 101 Å². The number of fused-ring (bicyclic) bond motifs is 1. The fourth-order valence-electron chi connectivity index (χ4n) is 3.10.